The summed E-state index contributed by atoms with van der Waals surface area (Å²) >= 11 is 0. The second-order valence-corrected chi connectivity index (χ2v) is 4.90. The third-order valence-corrected chi connectivity index (χ3v) is 3.25. The van der Waals surface area contributed by atoms with E-state index in [2.05, 4.69) is 15.2 Å². The van der Waals surface area contributed by atoms with Crippen molar-refractivity contribution >= 4 is 11.5 Å². The Labute approximate surface area is 123 Å². The third-order valence-electron chi connectivity index (χ3n) is 3.25. The Bertz CT molecular complexity index is 602. The molecule has 0 aliphatic carbocycles. The lowest BCUT2D eigenvalue weighted by molar-refractivity contribution is -0.384. The summed E-state index contributed by atoms with van der Waals surface area (Å²) in [6, 6.07) is 13.1. The minimum Gasteiger partial charge on any atom is -0.362 e. The van der Waals surface area contributed by atoms with Gasteiger partial charge in [-0.2, -0.15) is 0 Å². The minimum absolute atomic E-state index is 0.0110. The number of rotatable bonds is 6. The number of hydrogen-bond donors (Lipinski definition) is 1. The average molecular weight is 286 g/mol. The van der Waals surface area contributed by atoms with Gasteiger partial charge in [0.15, 0.2) is 0 Å². The number of pyridine rings is 1. The minimum atomic E-state index is -0.428. The van der Waals surface area contributed by atoms with Crippen LogP contribution in [0.5, 0.6) is 0 Å². The van der Waals surface area contributed by atoms with Gasteiger partial charge in [-0.25, -0.2) is 4.98 Å². The molecule has 1 aromatic heterocycles. The molecule has 0 aliphatic rings. The fourth-order valence-corrected chi connectivity index (χ4v) is 2.15. The van der Waals surface area contributed by atoms with Gasteiger partial charge in [-0.05, 0) is 25.7 Å². The molecular formula is C15H18N4O2. The van der Waals surface area contributed by atoms with Crippen LogP contribution in [0.2, 0.25) is 0 Å². The molecular weight excluding hydrogens is 268 g/mol. The zero-order valence-corrected chi connectivity index (χ0v) is 12.1. The van der Waals surface area contributed by atoms with Gasteiger partial charge in [-0.1, -0.05) is 30.3 Å². The summed E-state index contributed by atoms with van der Waals surface area (Å²) < 4.78 is 0. The molecule has 1 atom stereocenters. The van der Waals surface area contributed by atoms with E-state index in [-0.39, 0.29) is 11.7 Å². The Morgan fingerprint density at radius 2 is 1.95 bits per heavy atom. The quantitative estimate of drug-likeness (QED) is 0.653. The predicted octanol–water partition coefficient (Wildman–Crippen LogP) is 2.70. The van der Waals surface area contributed by atoms with Crippen LogP contribution in [0, 0.1) is 10.1 Å². The molecule has 0 fully saturated rings. The van der Waals surface area contributed by atoms with Gasteiger partial charge in [-0.3, -0.25) is 10.1 Å². The number of benzene rings is 1. The summed E-state index contributed by atoms with van der Waals surface area (Å²) in [7, 11) is 3.96. The van der Waals surface area contributed by atoms with Crippen LogP contribution < -0.4 is 5.32 Å². The normalized spacial score (nSPS) is 12.1. The lowest BCUT2D eigenvalue weighted by Gasteiger charge is -2.25. The molecule has 6 nitrogen and oxygen atoms in total. The van der Waals surface area contributed by atoms with E-state index in [0.29, 0.717) is 12.4 Å². The Morgan fingerprint density at radius 3 is 2.57 bits per heavy atom. The van der Waals surface area contributed by atoms with Crippen molar-refractivity contribution in [1.82, 2.24) is 9.88 Å². The Hall–Kier alpha value is -2.47. The fourth-order valence-electron chi connectivity index (χ4n) is 2.15. The topological polar surface area (TPSA) is 71.3 Å². The maximum atomic E-state index is 11.0. The molecule has 1 N–H and O–H groups in total. The largest absolute Gasteiger partial charge is 0.362 e. The van der Waals surface area contributed by atoms with Gasteiger partial charge in [0.2, 0.25) is 5.82 Å². The van der Waals surface area contributed by atoms with Gasteiger partial charge in [-0.15, -0.1) is 0 Å². The maximum Gasteiger partial charge on any atom is 0.311 e. The van der Waals surface area contributed by atoms with Gasteiger partial charge in [0, 0.05) is 18.8 Å². The highest BCUT2D eigenvalue weighted by Gasteiger charge is 2.18. The first-order chi connectivity index (χ1) is 10.1. The highest BCUT2D eigenvalue weighted by molar-refractivity contribution is 5.55. The smallest absolute Gasteiger partial charge is 0.311 e. The number of likely N-dealkylation sites (N-methyl/N-ethyl adjacent to an activating group) is 1. The van der Waals surface area contributed by atoms with Crippen molar-refractivity contribution in [3.05, 3.63) is 64.3 Å². The fraction of sp³-hybridized carbons (Fsp3) is 0.267. The standard InChI is InChI=1S/C15H18N4O2/c1-18(2)14(12-7-4-3-5-8-12)11-17-15-13(19(20)21)9-6-10-16-15/h3-10,14H,11H2,1-2H3,(H,16,17)/t14-/m0/s1. The molecule has 0 saturated heterocycles. The van der Waals surface area contributed by atoms with Crippen LogP contribution >= 0.6 is 0 Å². The van der Waals surface area contributed by atoms with Crippen molar-refractivity contribution in [2.45, 2.75) is 6.04 Å². The first-order valence-corrected chi connectivity index (χ1v) is 6.64. The van der Waals surface area contributed by atoms with Crippen molar-refractivity contribution in [3.8, 4) is 0 Å². The van der Waals surface area contributed by atoms with Crippen LogP contribution in [0.25, 0.3) is 0 Å². The lowest BCUT2D eigenvalue weighted by Crippen LogP contribution is -2.27. The summed E-state index contributed by atoms with van der Waals surface area (Å²) in [5, 5.41) is 14.1. The Kier molecular flexibility index (Phi) is 4.84. The lowest BCUT2D eigenvalue weighted by atomic mass is 10.1. The summed E-state index contributed by atoms with van der Waals surface area (Å²) in [6.07, 6.45) is 1.54. The molecule has 0 radical (unpaired) electrons. The summed E-state index contributed by atoms with van der Waals surface area (Å²) in [5.41, 5.74) is 1.14. The Morgan fingerprint density at radius 1 is 1.24 bits per heavy atom. The van der Waals surface area contributed by atoms with E-state index < -0.39 is 4.92 Å². The van der Waals surface area contributed by atoms with E-state index >= 15 is 0 Å². The van der Waals surface area contributed by atoms with Crippen LogP contribution in [0.3, 0.4) is 0 Å². The number of anilines is 1. The van der Waals surface area contributed by atoms with E-state index in [0.717, 1.165) is 5.56 Å². The second-order valence-electron chi connectivity index (χ2n) is 4.90. The molecule has 0 aliphatic heterocycles. The van der Waals surface area contributed by atoms with Crippen molar-refractivity contribution < 1.29 is 4.92 Å². The maximum absolute atomic E-state index is 11.0. The zero-order valence-electron chi connectivity index (χ0n) is 12.1. The van der Waals surface area contributed by atoms with Crippen LogP contribution in [-0.2, 0) is 0 Å². The number of aromatic nitrogens is 1. The molecule has 0 spiro atoms. The molecule has 2 aromatic rings. The SMILES string of the molecule is CN(C)[C@@H](CNc1ncccc1[N+](=O)[O-])c1ccccc1. The summed E-state index contributed by atoms with van der Waals surface area (Å²) in [5.74, 6) is 0.297. The van der Waals surface area contributed by atoms with Gasteiger partial charge in [0.25, 0.3) is 0 Å². The first-order valence-electron chi connectivity index (χ1n) is 6.64. The van der Waals surface area contributed by atoms with Gasteiger partial charge in [0.1, 0.15) is 0 Å². The van der Waals surface area contributed by atoms with Crippen LogP contribution in [-0.4, -0.2) is 35.4 Å². The summed E-state index contributed by atoms with van der Waals surface area (Å²) in [4.78, 5) is 16.7. The van der Waals surface area contributed by atoms with E-state index in [9.17, 15) is 10.1 Å². The van der Waals surface area contributed by atoms with Crippen molar-refractivity contribution in [2.24, 2.45) is 0 Å². The van der Waals surface area contributed by atoms with E-state index in [1.165, 1.54) is 6.07 Å². The van der Waals surface area contributed by atoms with Crippen molar-refractivity contribution in [3.63, 3.8) is 0 Å². The molecule has 1 aromatic carbocycles. The van der Waals surface area contributed by atoms with Crippen LogP contribution in [0.4, 0.5) is 11.5 Å². The zero-order chi connectivity index (χ0) is 15.2. The Balaban J connectivity index is 2.15. The molecule has 0 bridgehead atoms. The predicted molar refractivity (Wildman–Crippen MR) is 82.3 cm³/mol. The van der Waals surface area contributed by atoms with E-state index in [1.54, 1.807) is 12.3 Å². The van der Waals surface area contributed by atoms with Crippen molar-refractivity contribution in [1.29, 1.82) is 0 Å². The van der Waals surface area contributed by atoms with Gasteiger partial charge < -0.3 is 10.2 Å². The monoisotopic (exact) mass is 286 g/mol. The van der Waals surface area contributed by atoms with Crippen LogP contribution in [0.1, 0.15) is 11.6 Å². The van der Waals surface area contributed by atoms with Gasteiger partial charge >= 0.3 is 5.69 Å². The molecule has 0 amide bonds. The highest BCUT2D eigenvalue weighted by Crippen LogP contribution is 2.23. The van der Waals surface area contributed by atoms with E-state index in [4.69, 9.17) is 0 Å². The highest BCUT2D eigenvalue weighted by atomic mass is 16.6. The molecule has 1 heterocycles. The van der Waals surface area contributed by atoms with Gasteiger partial charge in [0.05, 0.1) is 11.0 Å². The first kappa shape index (κ1) is 14.9. The van der Waals surface area contributed by atoms with Crippen molar-refractivity contribution in [2.75, 3.05) is 26.0 Å². The summed E-state index contributed by atoms with van der Waals surface area (Å²) in [6.45, 7) is 0.537. The average Bonchev–Trinajstić information content (AvgIpc) is 2.48. The van der Waals surface area contributed by atoms with E-state index in [1.807, 2.05) is 44.4 Å². The second kappa shape index (κ2) is 6.81. The molecule has 2 rings (SSSR count). The number of nitrogens with one attached hydrogen (secondary N) is 1. The molecule has 110 valence electrons. The third kappa shape index (κ3) is 3.76. The molecule has 0 saturated carbocycles. The number of hydrogen-bond acceptors (Lipinski definition) is 5. The molecule has 21 heavy (non-hydrogen) atoms. The number of nitro groups is 1. The number of nitrogens with zero attached hydrogens (tertiary/aromatic N) is 3. The molecule has 0 unspecified atom stereocenters. The van der Waals surface area contributed by atoms with Crippen LogP contribution in [0.15, 0.2) is 48.7 Å². The molecule has 6 heteroatoms.